The molecule has 2 aliphatic heterocycles. The van der Waals surface area contributed by atoms with Crippen LogP contribution in [0.4, 0.5) is 5.82 Å². The molecule has 10 nitrogen and oxygen atoms in total. The minimum atomic E-state index is -3.87. The number of piperidine rings is 1. The predicted molar refractivity (Wildman–Crippen MR) is 155 cm³/mol. The van der Waals surface area contributed by atoms with Crippen molar-refractivity contribution in [2.24, 2.45) is 0 Å². The van der Waals surface area contributed by atoms with Gasteiger partial charge in [-0.3, -0.25) is 9.20 Å². The third-order valence-electron chi connectivity index (χ3n) is 8.29. The van der Waals surface area contributed by atoms with E-state index in [1.54, 1.807) is 24.4 Å². The number of fused-ring (bicyclic) bond motifs is 4. The molecule has 41 heavy (non-hydrogen) atoms. The van der Waals surface area contributed by atoms with Crippen LogP contribution in [0.15, 0.2) is 53.7 Å². The summed E-state index contributed by atoms with van der Waals surface area (Å²) in [7, 11) is -3.87. The fraction of sp³-hybridized carbons (Fsp3) is 0.379. The zero-order valence-corrected chi connectivity index (χ0v) is 24.4. The molecule has 0 saturated carbocycles. The van der Waals surface area contributed by atoms with Crippen molar-refractivity contribution in [2.45, 2.75) is 62.9 Å². The van der Waals surface area contributed by atoms with Gasteiger partial charge in [0.05, 0.1) is 6.42 Å². The molecule has 1 N–H and O–H groups in total. The quantitative estimate of drug-likeness (QED) is 0.345. The number of carbonyl (C=O) groups is 1. The van der Waals surface area contributed by atoms with Crippen LogP contribution in [0.5, 0.6) is 0 Å². The number of pyridine rings is 2. The van der Waals surface area contributed by atoms with E-state index in [1.807, 2.05) is 42.6 Å². The maximum atomic E-state index is 14.0. The summed E-state index contributed by atoms with van der Waals surface area (Å²) in [5.74, 6) is -0.189. The van der Waals surface area contributed by atoms with E-state index in [-0.39, 0.29) is 23.9 Å². The molecule has 0 amide bonds. The summed E-state index contributed by atoms with van der Waals surface area (Å²) in [6.07, 6.45) is 6.23. The number of sulfonamides is 1. The van der Waals surface area contributed by atoms with E-state index < -0.39 is 21.9 Å². The van der Waals surface area contributed by atoms with Crippen molar-refractivity contribution in [3.8, 4) is 0 Å². The van der Waals surface area contributed by atoms with Crippen LogP contribution in [-0.2, 0) is 21.4 Å². The van der Waals surface area contributed by atoms with E-state index in [0.717, 1.165) is 48.3 Å². The van der Waals surface area contributed by atoms with E-state index in [0.29, 0.717) is 28.6 Å². The minimum Gasteiger partial charge on any atom is -0.481 e. The second kappa shape index (κ2) is 10.7. The third-order valence-corrected chi connectivity index (χ3v) is 10.5. The molecule has 0 radical (unpaired) electrons. The molecule has 0 bridgehead atoms. The summed E-state index contributed by atoms with van der Waals surface area (Å²) in [5.41, 5.74) is 3.69. The topological polar surface area (TPSA) is 121 Å². The molecule has 214 valence electrons. The van der Waals surface area contributed by atoms with Gasteiger partial charge >= 0.3 is 5.97 Å². The maximum Gasteiger partial charge on any atom is 0.304 e. The van der Waals surface area contributed by atoms with Gasteiger partial charge in [-0.1, -0.05) is 23.7 Å². The van der Waals surface area contributed by atoms with E-state index in [4.69, 9.17) is 11.6 Å². The Morgan fingerprint density at radius 1 is 1.17 bits per heavy atom. The molecule has 1 unspecified atom stereocenters. The van der Waals surface area contributed by atoms with Crippen molar-refractivity contribution in [1.82, 2.24) is 23.9 Å². The number of hydrogen-bond donors (Lipinski definition) is 1. The monoisotopic (exact) mass is 594 g/mol. The number of hydrogen-bond acceptors (Lipinski definition) is 7. The minimum absolute atomic E-state index is 0.0115. The number of aliphatic carboxylic acids is 1. The number of nitrogens with zero attached hydrogens (tertiary/aromatic N) is 6. The molecular weight excluding hydrogens is 564 g/mol. The van der Waals surface area contributed by atoms with Crippen LogP contribution in [0.25, 0.3) is 5.65 Å². The Balaban J connectivity index is 1.40. The molecule has 5 heterocycles. The van der Waals surface area contributed by atoms with Crippen LogP contribution in [0.1, 0.15) is 59.7 Å². The SMILES string of the molecule is Cc1c([C@@H](CC(=O)O)c2ccc(Cl)c(CN3CC4CCCCN4c4ncccc4S3(=O)=O)c2)ccn2c(C)nnc12. The highest BCUT2D eigenvalue weighted by atomic mass is 35.5. The molecule has 1 saturated heterocycles. The van der Waals surface area contributed by atoms with Gasteiger partial charge in [0.2, 0.25) is 10.0 Å². The molecule has 0 aliphatic carbocycles. The highest BCUT2D eigenvalue weighted by Gasteiger charge is 2.39. The number of carboxylic acids is 1. The van der Waals surface area contributed by atoms with Crippen LogP contribution in [-0.4, -0.2) is 62.5 Å². The van der Waals surface area contributed by atoms with Crippen LogP contribution in [0.3, 0.4) is 0 Å². The molecule has 1 fully saturated rings. The fourth-order valence-electron chi connectivity index (χ4n) is 6.18. The molecule has 2 aliphatic rings. The second-order valence-corrected chi connectivity index (χ2v) is 13.1. The number of carboxylic acid groups (broad SMARTS) is 1. The lowest BCUT2D eigenvalue weighted by Gasteiger charge is -2.36. The summed E-state index contributed by atoms with van der Waals surface area (Å²) in [6, 6.07) is 10.6. The van der Waals surface area contributed by atoms with Crippen LogP contribution >= 0.6 is 11.6 Å². The van der Waals surface area contributed by atoms with Gasteiger partial charge in [0.1, 0.15) is 16.5 Å². The van der Waals surface area contributed by atoms with Gasteiger partial charge in [-0.2, -0.15) is 4.31 Å². The Hall–Kier alpha value is -3.54. The molecule has 4 aromatic rings. The van der Waals surface area contributed by atoms with E-state index >= 15 is 0 Å². The molecule has 6 rings (SSSR count). The van der Waals surface area contributed by atoms with Crippen molar-refractivity contribution in [2.75, 3.05) is 18.0 Å². The van der Waals surface area contributed by atoms with Crippen molar-refractivity contribution >= 4 is 39.1 Å². The molecular formula is C29H31ClN6O4S. The normalized spacial score (nSPS) is 19.4. The smallest absolute Gasteiger partial charge is 0.304 e. The number of rotatable bonds is 6. The zero-order chi connectivity index (χ0) is 28.9. The number of benzene rings is 1. The van der Waals surface area contributed by atoms with Gasteiger partial charge in [0.25, 0.3) is 0 Å². The first kappa shape index (κ1) is 27.6. The molecule has 3 aromatic heterocycles. The van der Waals surface area contributed by atoms with Crippen molar-refractivity contribution in [1.29, 1.82) is 0 Å². The molecule has 0 spiro atoms. The fourth-order valence-corrected chi connectivity index (χ4v) is 7.97. The van der Waals surface area contributed by atoms with Gasteiger partial charge in [-0.25, -0.2) is 13.4 Å². The lowest BCUT2D eigenvalue weighted by Crippen LogP contribution is -2.45. The van der Waals surface area contributed by atoms with Crippen LogP contribution in [0, 0.1) is 13.8 Å². The number of aromatic nitrogens is 4. The first-order chi connectivity index (χ1) is 19.6. The van der Waals surface area contributed by atoms with E-state index in [2.05, 4.69) is 20.1 Å². The number of halogens is 1. The van der Waals surface area contributed by atoms with Crippen LogP contribution in [0.2, 0.25) is 5.02 Å². The van der Waals surface area contributed by atoms with Crippen molar-refractivity contribution in [3.63, 3.8) is 0 Å². The molecule has 12 heteroatoms. The average molecular weight is 595 g/mol. The van der Waals surface area contributed by atoms with Crippen molar-refractivity contribution < 1.29 is 18.3 Å². The lowest BCUT2D eigenvalue weighted by atomic mass is 9.86. The van der Waals surface area contributed by atoms with Gasteiger partial charge in [-0.15, -0.1) is 10.2 Å². The summed E-state index contributed by atoms with van der Waals surface area (Å²) < 4.78 is 31.3. The Bertz CT molecular complexity index is 1760. The Morgan fingerprint density at radius 2 is 2.00 bits per heavy atom. The molecule has 1 aromatic carbocycles. The second-order valence-electron chi connectivity index (χ2n) is 10.8. The summed E-state index contributed by atoms with van der Waals surface area (Å²) in [5, 5.41) is 18.7. The van der Waals surface area contributed by atoms with Crippen molar-refractivity contribution in [3.05, 3.63) is 81.9 Å². The Labute approximate surface area is 243 Å². The standard InChI is InChI=1S/C29H31ClN6O4S/c1-18-23(10-13-35-19(2)32-33-28(18)35)24(15-27(37)38)20-8-9-25(30)21(14-20)16-34-17-22-6-3-4-12-36(22)29-26(41(34,39)40)7-5-11-31-29/h5,7-11,13-14,22,24H,3-4,6,12,15-17H2,1-2H3,(H,37,38)/t22?,24-/m0/s1. The summed E-state index contributed by atoms with van der Waals surface area (Å²) >= 11 is 6.67. The average Bonchev–Trinajstić information content (AvgIpc) is 3.30. The van der Waals surface area contributed by atoms with Gasteiger partial charge < -0.3 is 10.0 Å². The predicted octanol–water partition coefficient (Wildman–Crippen LogP) is 4.56. The third kappa shape index (κ3) is 4.96. The largest absolute Gasteiger partial charge is 0.481 e. The maximum absolute atomic E-state index is 14.0. The highest BCUT2D eigenvalue weighted by Crippen LogP contribution is 2.38. The number of anilines is 1. The van der Waals surface area contributed by atoms with E-state index in [9.17, 15) is 18.3 Å². The summed E-state index contributed by atoms with van der Waals surface area (Å²) in [4.78, 5) is 18.8. The van der Waals surface area contributed by atoms with Gasteiger partial charge in [-0.05, 0) is 79.6 Å². The first-order valence-corrected chi connectivity index (χ1v) is 15.5. The highest BCUT2D eigenvalue weighted by molar-refractivity contribution is 7.89. The Morgan fingerprint density at radius 3 is 2.80 bits per heavy atom. The Kier molecular flexibility index (Phi) is 7.21. The summed E-state index contributed by atoms with van der Waals surface area (Å²) in [6.45, 7) is 4.92. The molecule has 2 atom stereocenters. The van der Waals surface area contributed by atoms with Gasteiger partial charge in [0, 0.05) is 49.0 Å². The van der Waals surface area contributed by atoms with Gasteiger partial charge in [0.15, 0.2) is 5.65 Å². The first-order valence-electron chi connectivity index (χ1n) is 13.7. The van der Waals surface area contributed by atoms with E-state index in [1.165, 1.54) is 4.31 Å². The van der Waals surface area contributed by atoms with Crippen LogP contribution < -0.4 is 4.90 Å². The number of aryl methyl sites for hydroxylation is 2. The zero-order valence-electron chi connectivity index (χ0n) is 22.9. The lowest BCUT2D eigenvalue weighted by molar-refractivity contribution is -0.137.